The minimum atomic E-state index is -0.528. The van der Waals surface area contributed by atoms with Gasteiger partial charge in [-0.1, -0.05) is 77.8 Å². The van der Waals surface area contributed by atoms with Crippen LogP contribution in [0, 0.1) is 22.7 Å². The molecule has 6 heteroatoms. The number of benzene rings is 3. The monoisotopic (exact) mass is 394 g/mol. The molecule has 0 saturated carbocycles. The fourth-order valence-corrected chi connectivity index (χ4v) is 3.00. The second-order valence-corrected chi connectivity index (χ2v) is 6.39. The molecule has 3 aromatic rings. The minimum absolute atomic E-state index is 0.0225. The Morgan fingerprint density at radius 1 is 0.815 bits per heavy atom. The maximum atomic E-state index is 9.89. The quantitative estimate of drug-likeness (QED) is 0.616. The van der Waals surface area contributed by atoms with E-state index in [0.29, 0.717) is 0 Å². The van der Waals surface area contributed by atoms with Gasteiger partial charge in [0.05, 0.1) is 0 Å². The summed E-state index contributed by atoms with van der Waals surface area (Å²) < 4.78 is 5.67. The van der Waals surface area contributed by atoms with Gasteiger partial charge in [0.25, 0.3) is 0 Å². The SMILES string of the molecule is N#Cc1c(O)c(Cl)c(Cl)c(OCc2ccc(-c3ccccc3)cc2)c1C#N. The number of nitriles is 2. The molecule has 3 aromatic carbocycles. The van der Waals surface area contributed by atoms with Crippen LogP contribution in [0.2, 0.25) is 10.0 Å². The molecule has 0 aliphatic carbocycles. The first-order valence-electron chi connectivity index (χ1n) is 7.88. The zero-order valence-electron chi connectivity index (χ0n) is 13.9. The topological polar surface area (TPSA) is 77.0 Å². The first-order valence-corrected chi connectivity index (χ1v) is 8.63. The van der Waals surface area contributed by atoms with E-state index >= 15 is 0 Å². The number of aromatic hydroxyl groups is 1. The Balaban J connectivity index is 1.87. The van der Waals surface area contributed by atoms with Gasteiger partial charge in [0, 0.05) is 0 Å². The van der Waals surface area contributed by atoms with Gasteiger partial charge in [-0.3, -0.25) is 0 Å². The highest BCUT2D eigenvalue weighted by Gasteiger charge is 2.23. The van der Waals surface area contributed by atoms with Crippen molar-refractivity contribution in [2.75, 3.05) is 0 Å². The summed E-state index contributed by atoms with van der Waals surface area (Å²) in [6.07, 6.45) is 0. The van der Waals surface area contributed by atoms with E-state index in [-0.39, 0.29) is 33.5 Å². The predicted octanol–water partition coefficient (Wildman–Crippen LogP) is 5.69. The van der Waals surface area contributed by atoms with E-state index in [1.54, 1.807) is 6.07 Å². The van der Waals surface area contributed by atoms with Gasteiger partial charge < -0.3 is 9.84 Å². The largest absolute Gasteiger partial charge is 0.505 e. The van der Waals surface area contributed by atoms with Crippen LogP contribution < -0.4 is 4.74 Å². The smallest absolute Gasteiger partial charge is 0.159 e. The van der Waals surface area contributed by atoms with Crippen molar-refractivity contribution in [2.24, 2.45) is 0 Å². The number of nitrogens with zero attached hydrogens (tertiary/aromatic N) is 2. The number of hydrogen-bond acceptors (Lipinski definition) is 4. The van der Waals surface area contributed by atoms with E-state index in [1.807, 2.05) is 60.7 Å². The minimum Gasteiger partial charge on any atom is -0.505 e. The van der Waals surface area contributed by atoms with Gasteiger partial charge in [0.1, 0.15) is 39.9 Å². The number of hydrogen-bond donors (Lipinski definition) is 1. The van der Waals surface area contributed by atoms with Gasteiger partial charge in [-0.2, -0.15) is 10.5 Å². The number of phenols is 1. The molecule has 0 fully saturated rings. The van der Waals surface area contributed by atoms with Gasteiger partial charge in [-0.05, 0) is 16.7 Å². The third kappa shape index (κ3) is 3.68. The summed E-state index contributed by atoms with van der Waals surface area (Å²) in [5, 5.41) is 28.1. The Morgan fingerprint density at radius 2 is 1.41 bits per heavy atom. The Labute approximate surface area is 166 Å². The summed E-state index contributed by atoms with van der Waals surface area (Å²) in [6.45, 7) is 0.120. The average molecular weight is 395 g/mol. The Bertz CT molecular complexity index is 1070. The zero-order valence-corrected chi connectivity index (χ0v) is 15.4. The van der Waals surface area contributed by atoms with Gasteiger partial charge in [0.2, 0.25) is 0 Å². The van der Waals surface area contributed by atoms with E-state index < -0.39 is 5.75 Å². The lowest BCUT2D eigenvalue weighted by Crippen LogP contribution is -2.01. The summed E-state index contributed by atoms with van der Waals surface area (Å²) in [6, 6.07) is 21.3. The van der Waals surface area contributed by atoms with E-state index in [0.717, 1.165) is 16.7 Å². The van der Waals surface area contributed by atoms with Crippen molar-refractivity contribution < 1.29 is 9.84 Å². The lowest BCUT2D eigenvalue weighted by molar-refractivity contribution is 0.305. The molecule has 0 aliphatic rings. The molecule has 27 heavy (non-hydrogen) atoms. The molecule has 0 atom stereocenters. The van der Waals surface area contributed by atoms with Crippen LogP contribution >= 0.6 is 23.2 Å². The molecule has 3 rings (SSSR count). The molecule has 0 aromatic heterocycles. The van der Waals surface area contributed by atoms with Gasteiger partial charge in [0.15, 0.2) is 11.5 Å². The fourth-order valence-electron chi connectivity index (χ4n) is 2.59. The second kappa shape index (κ2) is 8.01. The molecule has 132 valence electrons. The van der Waals surface area contributed by atoms with Crippen LogP contribution in [0.3, 0.4) is 0 Å². The standard InChI is InChI=1S/C21H12Cl2N2O2/c22-18-19(23)21(17(11-25)16(10-24)20(18)26)27-12-13-6-8-15(9-7-13)14-4-2-1-3-5-14/h1-9,26H,12H2. The summed E-state index contributed by atoms with van der Waals surface area (Å²) >= 11 is 12.0. The van der Waals surface area contributed by atoms with Crippen molar-refractivity contribution in [3.05, 3.63) is 81.3 Å². The third-order valence-electron chi connectivity index (χ3n) is 3.98. The van der Waals surface area contributed by atoms with Crippen LogP contribution in [0.4, 0.5) is 0 Å². The summed E-state index contributed by atoms with van der Waals surface area (Å²) in [7, 11) is 0. The molecule has 0 spiro atoms. The van der Waals surface area contributed by atoms with Gasteiger partial charge >= 0.3 is 0 Å². The van der Waals surface area contributed by atoms with Crippen LogP contribution in [0.5, 0.6) is 11.5 Å². The van der Waals surface area contributed by atoms with Gasteiger partial charge in [-0.15, -0.1) is 0 Å². The molecule has 0 amide bonds. The molecule has 0 aliphatic heterocycles. The first-order chi connectivity index (χ1) is 13.1. The summed E-state index contributed by atoms with van der Waals surface area (Å²) in [5.74, 6) is -0.550. The normalized spacial score (nSPS) is 10.1. The highest BCUT2D eigenvalue weighted by Crippen LogP contribution is 2.44. The van der Waals surface area contributed by atoms with Gasteiger partial charge in [-0.25, -0.2) is 0 Å². The van der Waals surface area contributed by atoms with Crippen LogP contribution in [0.1, 0.15) is 16.7 Å². The van der Waals surface area contributed by atoms with Crippen molar-refractivity contribution >= 4 is 23.2 Å². The average Bonchev–Trinajstić information content (AvgIpc) is 2.72. The predicted molar refractivity (Wildman–Crippen MR) is 104 cm³/mol. The van der Waals surface area contributed by atoms with Crippen molar-refractivity contribution in [3.63, 3.8) is 0 Å². The highest BCUT2D eigenvalue weighted by molar-refractivity contribution is 6.44. The molecular weight excluding hydrogens is 383 g/mol. The van der Waals surface area contributed by atoms with E-state index in [1.165, 1.54) is 0 Å². The van der Waals surface area contributed by atoms with Crippen LogP contribution in [-0.2, 0) is 6.61 Å². The Kier molecular flexibility index (Phi) is 5.52. The number of phenolic OH excluding ortho intramolecular Hbond substituents is 1. The second-order valence-electron chi connectivity index (χ2n) is 5.63. The third-order valence-corrected chi connectivity index (χ3v) is 4.81. The molecule has 0 saturated heterocycles. The molecule has 4 nitrogen and oxygen atoms in total. The van der Waals surface area contributed by atoms with Crippen LogP contribution in [0.15, 0.2) is 54.6 Å². The Hall–Kier alpha value is -3.18. The number of rotatable bonds is 4. The first kappa shape index (κ1) is 18.6. The lowest BCUT2D eigenvalue weighted by Gasteiger charge is -2.13. The maximum absolute atomic E-state index is 9.89. The van der Waals surface area contributed by atoms with Crippen molar-refractivity contribution in [3.8, 4) is 34.8 Å². The van der Waals surface area contributed by atoms with Crippen molar-refractivity contribution in [1.82, 2.24) is 0 Å². The molecule has 0 heterocycles. The van der Waals surface area contributed by atoms with E-state index in [9.17, 15) is 15.6 Å². The Morgan fingerprint density at radius 3 is 2.00 bits per heavy atom. The maximum Gasteiger partial charge on any atom is 0.159 e. The van der Waals surface area contributed by atoms with E-state index in [4.69, 9.17) is 27.9 Å². The molecule has 0 radical (unpaired) electrons. The number of ether oxygens (including phenoxy) is 1. The number of halogens is 2. The zero-order chi connectivity index (χ0) is 19.4. The van der Waals surface area contributed by atoms with Crippen LogP contribution in [-0.4, -0.2) is 5.11 Å². The summed E-state index contributed by atoms with van der Waals surface area (Å²) in [4.78, 5) is 0. The fraction of sp³-hybridized carbons (Fsp3) is 0.0476. The van der Waals surface area contributed by atoms with Crippen LogP contribution in [0.25, 0.3) is 11.1 Å². The molecule has 1 N–H and O–H groups in total. The lowest BCUT2D eigenvalue weighted by atomic mass is 10.0. The van der Waals surface area contributed by atoms with Crippen molar-refractivity contribution in [1.29, 1.82) is 10.5 Å². The molecular formula is C21H12Cl2N2O2. The summed E-state index contributed by atoms with van der Waals surface area (Å²) in [5.41, 5.74) is 2.60. The van der Waals surface area contributed by atoms with E-state index in [2.05, 4.69) is 0 Å². The molecule has 0 unspecified atom stereocenters. The molecule has 0 bridgehead atoms. The van der Waals surface area contributed by atoms with Crippen molar-refractivity contribution in [2.45, 2.75) is 6.61 Å². The highest BCUT2D eigenvalue weighted by atomic mass is 35.5.